The molecule has 1 N–H and O–H groups in total. The van der Waals surface area contributed by atoms with Gasteiger partial charge in [-0.3, -0.25) is 4.79 Å². The summed E-state index contributed by atoms with van der Waals surface area (Å²) in [7, 11) is 0. The Morgan fingerprint density at radius 2 is 1.93 bits per heavy atom. The first kappa shape index (κ1) is 20.5. The van der Waals surface area contributed by atoms with Gasteiger partial charge in [-0.15, -0.1) is 10.2 Å². The summed E-state index contributed by atoms with van der Waals surface area (Å²) in [6.45, 7) is 6.25. The molecule has 7 nitrogen and oxygen atoms in total. The number of amides is 1. The van der Waals surface area contributed by atoms with Crippen molar-refractivity contribution in [2.24, 2.45) is 0 Å². The number of hydrogen-bond acceptors (Lipinski definition) is 6. The zero-order chi connectivity index (χ0) is 21.3. The van der Waals surface area contributed by atoms with Gasteiger partial charge in [0.2, 0.25) is 4.96 Å². The van der Waals surface area contributed by atoms with Gasteiger partial charge in [0.1, 0.15) is 10.8 Å². The standard InChI is InChI=1S/C21H20BrN5O2S/c1-12-8-13(2)19(17(22)9-12)29-11-18(28)23-10-15-4-6-16(7-5-15)20-26-27-14(3)24-25-21(27)30-20/h4-9H,10-11H2,1-3H3,(H,23,28). The van der Waals surface area contributed by atoms with Crippen molar-refractivity contribution >= 4 is 38.1 Å². The highest BCUT2D eigenvalue weighted by atomic mass is 79.9. The van der Waals surface area contributed by atoms with E-state index in [9.17, 15) is 4.79 Å². The molecular formula is C21H20BrN5O2S. The topological polar surface area (TPSA) is 81.4 Å². The maximum absolute atomic E-state index is 12.2. The predicted molar refractivity (Wildman–Crippen MR) is 120 cm³/mol. The number of carbonyl (C=O) groups is 1. The Morgan fingerprint density at radius 1 is 1.17 bits per heavy atom. The summed E-state index contributed by atoms with van der Waals surface area (Å²) in [6.07, 6.45) is 0. The third-order valence-electron chi connectivity index (χ3n) is 4.56. The summed E-state index contributed by atoms with van der Waals surface area (Å²) in [5.74, 6) is 1.29. The number of halogens is 1. The molecule has 2 aromatic heterocycles. The monoisotopic (exact) mass is 485 g/mol. The van der Waals surface area contributed by atoms with Crippen molar-refractivity contribution < 1.29 is 9.53 Å². The number of ether oxygens (including phenoxy) is 1. The van der Waals surface area contributed by atoms with Crippen LogP contribution >= 0.6 is 27.3 Å². The van der Waals surface area contributed by atoms with Crippen molar-refractivity contribution in [2.45, 2.75) is 27.3 Å². The van der Waals surface area contributed by atoms with Gasteiger partial charge in [-0.2, -0.15) is 9.61 Å². The molecule has 1 amide bonds. The first-order valence-electron chi connectivity index (χ1n) is 9.35. The van der Waals surface area contributed by atoms with E-state index in [-0.39, 0.29) is 12.5 Å². The van der Waals surface area contributed by atoms with Crippen LogP contribution in [0.4, 0.5) is 0 Å². The van der Waals surface area contributed by atoms with Gasteiger partial charge in [0.15, 0.2) is 12.4 Å². The number of nitrogens with zero attached hydrogens (tertiary/aromatic N) is 4. The van der Waals surface area contributed by atoms with Crippen molar-refractivity contribution in [2.75, 3.05) is 6.61 Å². The zero-order valence-electron chi connectivity index (χ0n) is 16.8. The number of fused-ring (bicyclic) bond motifs is 1. The molecule has 2 heterocycles. The second-order valence-corrected chi connectivity index (χ2v) is 8.81. The molecule has 0 aliphatic carbocycles. The van der Waals surface area contributed by atoms with Crippen LogP contribution in [0.15, 0.2) is 40.9 Å². The number of hydrogen-bond donors (Lipinski definition) is 1. The van der Waals surface area contributed by atoms with Crippen LogP contribution in [0.2, 0.25) is 0 Å². The lowest BCUT2D eigenvalue weighted by Gasteiger charge is -2.12. The van der Waals surface area contributed by atoms with Crippen molar-refractivity contribution in [3.8, 4) is 16.3 Å². The van der Waals surface area contributed by atoms with Crippen molar-refractivity contribution in [1.29, 1.82) is 0 Å². The van der Waals surface area contributed by atoms with Gasteiger partial charge in [-0.05, 0) is 59.5 Å². The van der Waals surface area contributed by atoms with Gasteiger partial charge in [0.05, 0.1) is 4.47 Å². The van der Waals surface area contributed by atoms with Crippen LogP contribution < -0.4 is 10.1 Å². The molecule has 0 aliphatic rings. The Balaban J connectivity index is 1.33. The van der Waals surface area contributed by atoms with Crippen molar-refractivity contribution in [1.82, 2.24) is 25.1 Å². The number of aromatic nitrogens is 4. The molecule has 2 aromatic carbocycles. The average molecular weight is 486 g/mol. The van der Waals surface area contributed by atoms with Crippen LogP contribution in [0.25, 0.3) is 15.5 Å². The van der Waals surface area contributed by atoms with Gasteiger partial charge < -0.3 is 10.1 Å². The Hall–Kier alpha value is -2.78. The molecule has 0 saturated carbocycles. The second kappa shape index (κ2) is 8.53. The highest BCUT2D eigenvalue weighted by Gasteiger charge is 2.11. The normalized spacial score (nSPS) is 11.1. The van der Waals surface area contributed by atoms with E-state index >= 15 is 0 Å². The van der Waals surface area contributed by atoms with E-state index < -0.39 is 0 Å². The highest BCUT2D eigenvalue weighted by molar-refractivity contribution is 9.10. The van der Waals surface area contributed by atoms with Crippen LogP contribution in [-0.4, -0.2) is 32.3 Å². The van der Waals surface area contributed by atoms with E-state index in [2.05, 4.69) is 36.5 Å². The fourth-order valence-corrected chi connectivity index (χ4v) is 4.75. The Labute approximate surface area is 186 Å². The molecule has 0 saturated heterocycles. The molecule has 0 spiro atoms. The maximum atomic E-state index is 12.2. The predicted octanol–water partition coefficient (Wildman–Crippen LogP) is 4.24. The number of carbonyl (C=O) groups excluding carboxylic acids is 1. The molecule has 154 valence electrons. The number of benzene rings is 2. The smallest absolute Gasteiger partial charge is 0.258 e. The lowest BCUT2D eigenvalue weighted by Crippen LogP contribution is -2.28. The largest absolute Gasteiger partial charge is 0.482 e. The summed E-state index contributed by atoms with van der Waals surface area (Å²) >= 11 is 4.98. The fraction of sp³-hybridized carbons (Fsp3) is 0.238. The molecule has 0 fully saturated rings. The molecule has 0 unspecified atom stereocenters. The highest BCUT2D eigenvalue weighted by Crippen LogP contribution is 2.30. The minimum absolute atomic E-state index is 0.0348. The molecule has 0 aliphatic heterocycles. The van der Waals surface area contributed by atoms with Crippen molar-refractivity contribution in [3.05, 3.63) is 63.4 Å². The molecule has 0 radical (unpaired) electrons. The number of rotatable bonds is 6. The average Bonchev–Trinajstić information content (AvgIpc) is 3.28. The summed E-state index contributed by atoms with van der Waals surface area (Å²) in [5.41, 5.74) is 4.13. The second-order valence-electron chi connectivity index (χ2n) is 7.00. The number of aryl methyl sites for hydroxylation is 3. The lowest BCUT2D eigenvalue weighted by molar-refractivity contribution is -0.123. The molecule has 9 heteroatoms. The third-order valence-corrected chi connectivity index (χ3v) is 6.10. The lowest BCUT2D eigenvalue weighted by atomic mass is 10.1. The molecule has 0 atom stereocenters. The summed E-state index contributed by atoms with van der Waals surface area (Å²) < 4.78 is 8.29. The van der Waals surface area contributed by atoms with Crippen LogP contribution in [0.3, 0.4) is 0 Å². The Kier molecular flexibility index (Phi) is 5.83. The van der Waals surface area contributed by atoms with Gasteiger partial charge in [0.25, 0.3) is 5.91 Å². The van der Waals surface area contributed by atoms with E-state index in [1.165, 1.54) is 11.3 Å². The van der Waals surface area contributed by atoms with Gasteiger partial charge >= 0.3 is 0 Å². The van der Waals surface area contributed by atoms with Gasteiger partial charge in [-0.25, -0.2) is 0 Å². The van der Waals surface area contributed by atoms with Crippen molar-refractivity contribution in [3.63, 3.8) is 0 Å². The zero-order valence-corrected chi connectivity index (χ0v) is 19.2. The van der Waals surface area contributed by atoms with Crippen LogP contribution in [0, 0.1) is 20.8 Å². The molecular weight excluding hydrogens is 466 g/mol. The third kappa shape index (κ3) is 4.36. The summed E-state index contributed by atoms with van der Waals surface area (Å²) in [5, 5.41) is 16.4. The van der Waals surface area contributed by atoms with E-state index in [1.807, 2.05) is 57.2 Å². The van der Waals surface area contributed by atoms with E-state index in [0.29, 0.717) is 12.3 Å². The number of nitrogens with one attached hydrogen (secondary N) is 1. The van der Waals surface area contributed by atoms with E-state index in [0.717, 1.165) is 42.5 Å². The van der Waals surface area contributed by atoms with Crippen LogP contribution in [0.5, 0.6) is 5.75 Å². The van der Waals surface area contributed by atoms with Crippen LogP contribution in [0.1, 0.15) is 22.5 Å². The molecule has 4 aromatic rings. The molecule has 30 heavy (non-hydrogen) atoms. The van der Waals surface area contributed by atoms with Gasteiger partial charge in [-0.1, -0.05) is 41.7 Å². The quantitative estimate of drug-likeness (QED) is 0.441. The van der Waals surface area contributed by atoms with Gasteiger partial charge in [0, 0.05) is 12.1 Å². The first-order chi connectivity index (χ1) is 14.4. The summed E-state index contributed by atoms with van der Waals surface area (Å²) in [4.78, 5) is 13.0. The maximum Gasteiger partial charge on any atom is 0.258 e. The Morgan fingerprint density at radius 3 is 2.63 bits per heavy atom. The Bertz CT molecular complexity index is 1190. The summed E-state index contributed by atoms with van der Waals surface area (Å²) in [6, 6.07) is 11.9. The minimum atomic E-state index is -0.171. The van der Waals surface area contributed by atoms with E-state index in [1.54, 1.807) is 4.52 Å². The molecule has 4 rings (SSSR count). The first-order valence-corrected chi connectivity index (χ1v) is 11.0. The van der Waals surface area contributed by atoms with Crippen LogP contribution in [-0.2, 0) is 11.3 Å². The van der Waals surface area contributed by atoms with E-state index in [4.69, 9.17) is 4.74 Å². The molecule has 0 bridgehead atoms. The minimum Gasteiger partial charge on any atom is -0.482 e. The SMILES string of the molecule is Cc1cc(C)c(OCC(=O)NCc2ccc(-c3nn4c(C)nnc4s3)cc2)c(Br)c1. The fourth-order valence-electron chi connectivity index (χ4n) is 3.07.